The van der Waals surface area contributed by atoms with Crippen molar-refractivity contribution in [1.29, 1.82) is 0 Å². The summed E-state index contributed by atoms with van der Waals surface area (Å²) in [4.78, 5) is 2.33. The third-order valence-corrected chi connectivity index (χ3v) is 5.04. The molecule has 136 valence electrons. The maximum Gasteiger partial charge on any atom is 0.173 e. The van der Waals surface area contributed by atoms with Crippen molar-refractivity contribution in [3.05, 3.63) is 28.8 Å². The Morgan fingerprint density at radius 2 is 1.58 bits per heavy atom. The molecule has 24 heavy (non-hydrogen) atoms. The molecule has 1 rings (SSSR count). The fourth-order valence-corrected chi connectivity index (χ4v) is 3.13. The maximum absolute atomic E-state index is 6.22. The number of anilines is 1. The van der Waals surface area contributed by atoms with E-state index in [1.165, 1.54) is 51.4 Å². The van der Waals surface area contributed by atoms with Gasteiger partial charge in [0.2, 0.25) is 0 Å². The fourth-order valence-electron chi connectivity index (χ4n) is 2.65. The summed E-state index contributed by atoms with van der Waals surface area (Å²) in [5.74, 6) is 0. The van der Waals surface area contributed by atoms with Crippen molar-refractivity contribution >= 4 is 34.6 Å². The van der Waals surface area contributed by atoms with Crippen LogP contribution in [0.3, 0.4) is 0 Å². The average Bonchev–Trinajstić information content (AvgIpc) is 2.56. The van der Waals surface area contributed by atoms with Crippen LogP contribution in [0, 0.1) is 6.92 Å². The summed E-state index contributed by atoms with van der Waals surface area (Å²) >= 11 is 11.9. The summed E-state index contributed by atoms with van der Waals surface area (Å²) in [5, 5.41) is 4.96. The number of unbranched alkanes of at least 4 members (excludes halogenated alkanes) is 6. The van der Waals surface area contributed by atoms with Gasteiger partial charge in [0, 0.05) is 23.8 Å². The predicted molar refractivity (Wildman–Crippen MR) is 112 cm³/mol. The highest BCUT2D eigenvalue weighted by atomic mass is 35.5. The second kappa shape index (κ2) is 12.5. The van der Waals surface area contributed by atoms with Crippen LogP contribution in [0.15, 0.2) is 18.2 Å². The lowest BCUT2D eigenvalue weighted by Crippen LogP contribution is -2.36. The molecule has 1 N–H and O–H groups in total. The van der Waals surface area contributed by atoms with E-state index in [4.69, 9.17) is 23.8 Å². The zero-order valence-corrected chi connectivity index (χ0v) is 17.1. The van der Waals surface area contributed by atoms with Crippen molar-refractivity contribution < 1.29 is 0 Å². The molecule has 0 bridgehead atoms. The second-order valence-corrected chi connectivity index (χ2v) is 7.30. The number of hydrogen-bond donors (Lipinski definition) is 1. The highest BCUT2D eigenvalue weighted by Crippen LogP contribution is 2.20. The summed E-state index contributed by atoms with van der Waals surface area (Å²) in [6, 6.07) is 6.02. The summed E-state index contributed by atoms with van der Waals surface area (Å²) in [6.07, 6.45) is 10.1. The number of aryl methyl sites for hydroxylation is 1. The van der Waals surface area contributed by atoms with Gasteiger partial charge in [0.15, 0.2) is 5.11 Å². The zero-order valence-electron chi connectivity index (χ0n) is 15.5. The van der Waals surface area contributed by atoms with E-state index in [0.29, 0.717) is 0 Å². The van der Waals surface area contributed by atoms with Crippen molar-refractivity contribution in [1.82, 2.24) is 4.90 Å². The molecule has 0 aliphatic carbocycles. The fraction of sp³-hybridized carbons (Fsp3) is 0.650. The molecule has 0 atom stereocenters. The molecule has 2 nitrogen and oxygen atoms in total. The Morgan fingerprint density at radius 3 is 2.08 bits per heavy atom. The van der Waals surface area contributed by atoms with E-state index in [9.17, 15) is 0 Å². The van der Waals surface area contributed by atoms with Gasteiger partial charge in [0.1, 0.15) is 0 Å². The lowest BCUT2D eigenvalue weighted by atomic mass is 10.2. The smallest absolute Gasteiger partial charge is 0.173 e. The molecule has 0 aliphatic rings. The number of thiocarbonyl (C=S) groups is 1. The molecule has 0 saturated carbocycles. The van der Waals surface area contributed by atoms with Crippen LogP contribution in [-0.2, 0) is 0 Å². The van der Waals surface area contributed by atoms with E-state index in [0.717, 1.165) is 34.5 Å². The standard InChI is InChI=1S/C20H33ClN2S/c1-4-6-8-10-14-23(15-11-9-7-5-2)20(24)22-18-13-12-17(3)19(21)16-18/h12-13,16H,4-11,14-15H2,1-3H3,(H,22,24). The first-order valence-electron chi connectivity index (χ1n) is 9.40. The molecule has 0 saturated heterocycles. The number of hydrogen-bond acceptors (Lipinski definition) is 1. The summed E-state index contributed by atoms with van der Waals surface area (Å²) in [7, 11) is 0. The van der Waals surface area contributed by atoms with E-state index in [-0.39, 0.29) is 0 Å². The molecule has 0 radical (unpaired) electrons. The third kappa shape index (κ3) is 8.34. The van der Waals surface area contributed by atoms with Crippen LogP contribution in [0.4, 0.5) is 5.69 Å². The first-order valence-corrected chi connectivity index (χ1v) is 10.2. The number of nitrogens with one attached hydrogen (secondary N) is 1. The maximum atomic E-state index is 6.22. The molecule has 0 aliphatic heterocycles. The van der Waals surface area contributed by atoms with Crippen molar-refractivity contribution in [2.75, 3.05) is 18.4 Å². The first kappa shape index (κ1) is 21.2. The summed E-state index contributed by atoms with van der Waals surface area (Å²) < 4.78 is 0. The number of halogens is 1. The molecule has 0 amide bonds. The number of rotatable bonds is 11. The molecule has 1 aromatic rings. The van der Waals surface area contributed by atoms with Gasteiger partial charge in [-0.1, -0.05) is 70.0 Å². The van der Waals surface area contributed by atoms with Gasteiger partial charge in [-0.05, 0) is 49.7 Å². The molecule has 0 spiro atoms. The Balaban J connectivity index is 2.57. The zero-order chi connectivity index (χ0) is 17.8. The van der Waals surface area contributed by atoms with Gasteiger partial charge in [-0.3, -0.25) is 0 Å². The van der Waals surface area contributed by atoms with Gasteiger partial charge in [0.25, 0.3) is 0 Å². The van der Waals surface area contributed by atoms with E-state index < -0.39 is 0 Å². The summed E-state index contributed by atoms with van der Waals surface area (Å²) in [6.45, 7) is 8.58. The third-order valence-electron chi connectivity index (χ3n) is 4.27. The number of nitrogens with zero attached hydrogens (tertiary/aromatic N) is 1. The minimum Gasteiger partial charge on any atom is -0.349 e. The highest BCUT2D eigenvalue weighted by Gasteiger charge is 2.10. The average molecular weight is 369 g/mol. The van der Waals surface area contributed by atoms with Crippen LogP contribution in [0.5, 0.6) is 0 Å². The van der Waals surface area contributed by atoms with Gasteiger partial charge >= 0.3 is 0 Å². The SMILES string of the molecule is CCCCCCN(CCCCCC)C(=S)Nc1ccc(C)c(Cl)c1. The largest absolute Gasteiger partial charge is 0.349 e. The minimum absolute atomic E-state index is 0.778. The Labute approximate surface area is 159 Å². The van der Waals surface area contributed by atoms with Gasteiger partial charge in [-0.15, -0.1) is 0 Å². The van der Waals surface area contributed by atoms with Gasteiger partial charge in [0.05, 0.1) is 0 Å². The van der Waals surface area contributed by atoms with Crippen molar-refractivity contribution in [2.45, 2.75) is 72.1 Å². The Morgan fingerprint density at radius 1 is 1.00 bits per heavy atom. The molecule has 0 unspecified atom stereocenters. The van der Waals surface area contributed by atoms with Gasteiger partial charge in [-0.2, -0.15) is 0 Å². The lowest BCUT2D eigenvalue weighted by Gasteiger charge is -2.26. The second-order valence-electron chi connectivity index (χ2n) is 6.50. The Kier molecular flexibility index (Phi) is 11.1. The molecule has 0 fully saturated rings. The highest BCUT2D eigenvalue weighted by molar-refractivity contribution is 7.80. The Bertz CT molecular complexity index is 479. The normalized spacial score (nSPS) is 10.7. The van der Waals surface area contributed by atoms with Crippen molar-refractivity contribution in [2.24, 2.45) is 0 Å². The Hall–Kier alpha value is -0.800. The van der Waals surface area contributed by atoms with Crippen molar-refractivity contribution in [3.63, 3.8) is 0 Å². The molecular formula is C20H33ClN2S. The van der Waals surface area contributed by atoms with Crippen LogP contribution in [0.2, 0.25) is 5.02 Å². The molecule has 0 aromatic heterocycles. The van der Waals surface area contributed by atoms with Crippen LogP contribution in [0.1, 0.15) is 70.8 Å². The summed E-state index contributed by atoms with van der Waals surface area (Å²) in [5.41, 5.74) is 2.06. The van der Waals surface area contributed by atoms with Crippen LogP contribution < -0.4 is 5.32 Å². The van der Waals surface area contributed by atoms with E-state index in [2.05, 4.69) is 24.1 Å². The van der Waals surface area contributed by atoms with Gasteiger partial charge < -0.3 is 10.2 Å². The molecule has 0 heterocycles. The van der Waals surface area contributed by atoms with E-state index in [1.54, 1.807) is 0 Å². The quantitative estimate of drug-likeness (QED) is 0.341. The first-order chi connectivity index (χ1) is 11.6. The van der Waals surface area contributed by atoms with Crippen LogP contribution in [-0.4, -0.2) is 23.1 Å². The monoisotopic (exact) mass is 368 g/mol. The lowest BCUT2D eigenvalue weighted by molar-refractivity contribution is 0.391. The van der Waals surface area contributed by atoms with Crippen LogP contribution >= 0.6 is 23.8 Å². The van der Waals surface area contributed by atoms with Gasteiger partial charge in [-0.25, -0.2) is 0 Å². The number of benzene rings is 1. The van der Waals surface area contributed by atoms with Crippen LogP contribution in [0.25, 0.3) is 0 Å². The molecule has 1 aromatic carbocycles. The van der Waals surface area contributed by atoms with Crippen molar-refractivity contribution in [3.8, 4) is 0 Å². The predicted octanol–water partition coefficient (Wildman–Crippen LogP) is 6.81. The topological polar surface area (TPSA) is 15.3 Å². The minimum atomic E-state index is 0.778. The van der Waals surface area contributed by atoms with E-state index >= 15 is 0 Å². The molecular weight excluding hydrogens is 336 g/mol. The molecule has 4 heteroatoms. The van der Waals surface area contributed by atoms with E-state index in [1.807, 2.05) is 25.1 Å².